The second kappa shape index (κ2) is 7.21. The van der Waals surface area contributed by atoms with Crippen molar-refractivity contribution in [1.29, 1.82) is 0 Å². The van der Waals surface area contributed by atoms with Gasteiger partial charge in [-0.3, -0.25) is 9.59 Å². The summed E-state index contributed by atoms with van der Waals surface area (Å²) in [5.41, 5.74) is 0. The van der Waals surface area contributed by atoms with Gasteiger partial charge in [0.05, 0.1) is 16.5 Å². The third kappa shape index (κ3) is 4.96. The lowest BCUT2D eigenvalue weighted by atomic mass is 10.3. The Morgan fingerprint density at radius 2 is 1.89 bits per heavy atom. The van der Waals surface area contributed by atoms with Gasteiger partial charge in [-0.2, -0.15) is 0 Å². The van der Waals surface area contributed by atoms with Gasteiger partial charge in [-0.05, 0) is 12.1 Å². The van der Waals surface area contributed by atoms with Crippen LogP contribution in [-0.2, 0) is 9.59 Å². The summed E-state index contributed by atoms with van der Waals surface area (Å²) >= 11 is 11.8. The summed E-state index contributed by atoms with van der Waals surface area (Å²) in [4.78, 5) is 23.3. The molecule has 0 aliphatic rings. The molecule has 0 spiro atoms. The van der Waals surface area contributed by atoms with Gasteiger partial charge in [0.1, 0.15) is 0 Å². The van der Waals surface area contributed by atoms with Gasteiger partial charge in [-0.15, -0.1) is 0 Å². The Labute approximate surface area is 120 Å². The number of carboxylic acid groups (broad SMARTS) is 1. The van der Waals surface area contributed by atoms with Crippen LogP contribution in [0.1, 0.15) is 6.42 Å². The number of ether oxygens (including phenoxy) is 1. The average Bonchev–Trinajstić information content (AvgIpc) is 2.35. The maximum atomic E-state index is 11.7. The normalized spacial score (nSPS) is 10.1. The first kappa shape index (κ1) is 15.6. The van der Waals surface area contributed by atoms with Gasteiger partial charge in [-0.1, -0.05) is 29.3 Å². The number of carbonyl (C=O) groups is 2. The number of aliphatic carboxylic acids is 1. The molecule has 5 nitrogen and oxygen atoms in total. The van der Waals surface area contributed by atoms with E-state index >= 15 is 0 Å². The highest BCUT2D eigenvalue weighted by atomic mass is 35.5. The van der Waals surface area contributed by atoms with Crippen molar-refractivity contribution < 1.29 is 19.4 Å². The summed E-state index contributed by atoms with van der Waals surface area (Å²) in [5.74, 6) is -1.07. The highest BCUT2D eigenvalue weighted by Gasteiger charge is 2.13. The Morgan fingerprint density at radius 3 is 2.42 bits per heavy atom. The quantitative estimate of drug-likeness (QED) is 0.876. The zero-order chi connectivity index (χ0) is 14.4. The molecule has 0 unspecified atom stereocenters. The third-order valence-corrected chi connectivity index (χ3v) is 2.94. The standard InChI is InChI=1S/C12H13Cl2NO4/c1-15(6-5-11(17)18)10(16)7-19-12-8(13)3-2-4-9(12)14/h2-4H,5-7H2,1H3,(H,17,18). The van der Waals surface area contributed by atoms with Crippen molar-refractivity contribution in [2.45, 2.75) is 6.42 Å². The molecule has 0 saturated carbocycles. The number of nitrogens with zero attached hydrogens (tertiary/aromatic N) is 1. The summed E-state index contributed by atoms with van der Waals surface area (Å²) < 4.78 is 5.25. The number of amides is 1. The average molecular weight is 306 g/mol. The van der Waals surface area contributed by atoms with Crippen molar-refractivity contribution >= 4 is 35.1 Å². The van der Waals surface area contributed by atoms with Gasteiger partial charge in [0, 0.05) is 13.6 Å². The number of hydrogen-bond acceptors (Lipinski definition) is 3. The summed E-state index contributed by atoms with van der Waals surface area (Å²) in [5, 5.41) is 9.15. The molecule has 0 saturated heterocycles. The summed E-state index contributed by atoms with van der Waals surface area (Å²) in [6, 6.07) is 4.86. The number of rotatable bonds is 6. The molecule has 7 heteroatoms. The molecule has 0 heterocycles. The summed E-state index contributed by atoms with van der Waals surface area (Å²) in [6.45, 7) is -0.132. The van der Waals surface area contributed by atoms with E-state index in [1.54, 1.807) is 18.2 Å². The van der Waals surface area contributed by atoms with E-state index in [1.165, 1.54) is 11.9 Å². The van der Waals surface area contributed by atoms with Crippen molar-refractivity contribution in [2.75, 3.05) is 20.2 Å². The minimum Gasteiger partial charge on any atom is -0.481 e. The van der Waals surface area contributed by atoms with Crippen molar-refractivity contribution in [3.05, 3.63) is 28.2 Å². The van der Waals surface area contributed by atoms with E-state index in [1.807, 2.05) is 0 Å². The van der Waals surface area contributed by atoms with Crippen LogP contribution in [0.2, 0.25) is 10.0 Å². The topological polar surface area (TPSA) is 66.8 Å². The molecule has 1 N–H and O–H groups in total. The SMILES string of the molecule is CN(CCC(=O)O)C(=O)COc1c(Cl)cccc1Cl. The highest BCUT2D eigenvalue weighted by Crippen LogP contribution is 2.32. The molecule has 1 amide bonds. The van der Waals surface area contributed by atoms with Crippen LogP contribution >= 0.6 is 23.2 Å². The molecule has 1 aromatic carbocycles. The van der Waals surface area contributed by atoms with Gasteiger partial charge < -0.3 is 14.7 Å². The fraction of sp³-hybridized carbons (Fsp3) is 0.333. The number of hydrogen-bond donors (Lipinski definition) is 1. The Kier molecular flexibility index (Phi) is 5.92. The Hall–Kier alpha value is -1.46. The largest absolute Gasteiger partial charge is 0.481 e. The van der Waals surface area contributed by atoms with E-state index in [0.717, 1.165) is 0 Å². The van der Waals surface area contributed by atoms with E-state index in [9.17, 15) is 9.59 Å². The van der Waals surface area contributed by atoms with E-state index < -0.39 is 5.97 Å². The Morgan fingerprint density at radius 1 is 1.32 bits per heavy atom. The maximum Gasteiger partial charge on any atom is 0.305 e. The van der Waals surface area contributed by atoms with Crippen LogP contribution in [0.25, 0.3) is 0 Å². The van der Waals surface area contributed by atoms with Crippen LogP contribution in [0.3, 0.4) is 0 Å². The van der Waals surface area contributed by atoms with Gasteiger partial charge >= 0.3 is 5.97 Å². The number of likely N-dealkylation sites (N-methyl/N-ethyl adjacent to an activating group) is 1. The zero-order valence-corrected chi connectivity index (χ0v) is 11.7. The van der Waals surface area contributed by atoms with E-state index in [-0.39, 0.29) is 31.2 Å². The van der Waals surface area contributed by atoms with Gasteiger partial charge in [0.15, 0.2) is 12.4 Å². The first-order chi connectivity index (χ1) is 8.91. The summed E-state index contributed by atoms with van der Waals surface area (Å²) in [6.07, 6.45) is -0.116. The zero-order valence-electron chi connectivity index (χ0n) is 10.2. The Bertz CT molecular complexity index is 459. The van der Waals surface area contributed by atoms with Crippen molar-refractivity contribution in [1.82, 2.24) is 4.90 Å². The fourth-order valence-electron chi connectivity index (χ4n) is 1.25. The molecule has 0 aliphatic heterocycles. The molecule has 0 atom stereocenters. The monoisotopic (exact) mass is 305 g/mol. The lowest BCUT2D eigenvalue weighted by Gasteiger charge is -2.17. The molecule has 0 aliphatic carbocycles. The number of benzene rings is 1. The molecular weight excluding hydrogens is 293 g/mol. The number of carbonyl (C=O) groups excluding carboxylic acids is 1. The molecule has 1 aromatic rings. The van der Waals surface area contributed by atoms with Crippen molar-refractivity contribution in [3.63, 3.8) is 0 Å². The lowest BCUT2D eigenvalue weighted by Crippen LogP contribution is -2.33. The van der Waals surface area contributed by atoms with Crippen LogP contribution in [0.4, 0.5) is 0 Å². The molecule has 104 valence electrons. The minimum atomic E-state index is -0.963. The maximum absolute atomic E-state index is 11.7. The van der Waals surface area contributed by atoms with Crippen LogP contribution in [-0.4, -0.2) is 42.1 Å². The second-order valence-corrected chi connectivity index (χ2v) is 4.61. The van der Waals surface area contributed by atoms with Gasteiger partial charge in [-0.25, -0.2) is 0 Å². The fourth-order valence-corrected chi connectivity index (χ4v) is 1.76. The molecule has 0 bridgehead atoms. The number of halogens is 2. The smallest absolute Gasteiger partial charge is 0.305 e. The van der Waals surface area contributed by atoms with E-state index in [2.05, 4.69) is 0 Å². The molecule has 19 heavy (non-hydrogen) atoms. The van der Waals surface area contributed by atoms with Gasteiger partial charge in [0.25, 0.3) is 5.91 Å². The van der Waals surface area contributed by atoms with Gasteiger partial charge in [0.2, 0.25) is 0 Å². The molecule has 0 radical (unpaired) electrons. The van der Waals surface area contributed by atoms with Crippen LogP contribution in [0, 0.1) is 0 Å². The predicted molar refractivity (Wildman–Crippen MR) is 71.8 cm³/mol. The first-order valence-corrected chi connectivity index (χ1v) is 6.20. The van der Waals surface area contributed by atoms with Crippen molar-refractivity contribution in [2.24, 2.45) is 0 Å². The number of para-hydroxylation sites is 1. The van der Waals surface area contributed by atoms with E-state index in [0.29, 0.717) is 10.0 Å². The van der Waals surface area contributed by atoms with E-state index in [4.69, 9.17) is 33.0 Å². The second-order valence-electron chi connectivity index (χ2n) is 3.80. The van der Waals surface area contributed by atoms with Crippen LogP contribution in [0.15, 0.2) is 18.2 Å². The molecule has 1 rings (SSSR count). The first-order valence-electron chi connectivity index (χ1n) is 5.44. The van der Waals surface area contributed by atoms with Crippen LogP contribution < -0.4 is 4.74 Å². The lowest BCUT2D eigenvalue weighted by molar-refractivity contribution is -0.138. The highest BCUT2D eigenvalue weighted by molar-refractivity contribution is 6.37. The minimum absolute atomic E-state index is 0.116. The summed E-state index contributed by atoms with van der Waals surface area (Å²) in [7, 11) is 1.50. The van der Waals surface area contributed by atoms with Crippen LogP contribution in [0.5, 0.6) is 5.75 Å². The van der Waals surface area contributed by atoms with Crippen molar-refractivity contribution in [3.8, 4) is 5.75 Å². The third-order valence-electron chi connectivity index (χ3n) is 2.35. The number of carboxylic acids is 1. The molecular formula is C12H13Cl2NO4. The molecule has 0 aromatic heterocycles. The Balaban J connectivity index is 2.52. The molecule has 0 fully saturated rings. The predicted octanol–water partition coefficient (Wildman–Crippen LogP) is 2.31.